The van der Waals surface area contributed by atoms with E-state index in [1.54, 1.807) is 24.3 Å². The summed E-state index contributed by atoms with van der Waals surface area (Å²) in [6.07, 6.45) is 1.93. The van der Waals surface area contributed by atoms with E-state index in [0.29, 0.717) is 16.5 Å². The number of aromatic nitrogens is 7. The summed E-state index contributed by atoms with van der Waals surface area (Å²) in [6, 6.07) is 16.5. The van der Waals surface area contributed by atoms with Crippen LogP contribution in [0.15, 0.2) is 64.5 Å². The summed E-state index contributed by atoms with van der Waals surface area (Å²) in [5.41, 5.74) is 1.13. The quantitative estimate of drug-likeness (QED) is 0.479. The average Bonchev–Trinajstić information content (AvgIpc) is 3.27. The zero-order valence-corrected chi connectivity index (χ0v) is 15.8. The van der Waals surface area contributed by atoms with Crippen LogP contribution in [0.5, 0.6) is 0 Å². The highest BCUT2D eigenvalue weighted by molar-refractivity contribution is 7.98. The van der Waals surface area contributed by atoms with Gasteiger partial charge in [0.05, 0.1) is 5.69 Å². The van der Waals surface area contributed by atoms with Gasteiger partial charge in [-0.2, -0.15) is 9.36 Å². The standard InChI is InChI=1S/C17H14ClN7OS/c1-27-16-20-19-15(24(16)13-5-3-2-4-6-13)11-23-17(26)25(22-21-23)14-9-7-12(18)8-10-14/h2-10H,11H2,1H3. The molecule has 0 spiro atoms. The van der Waals surface area contributed by atoms with Gasteiger partial charge >= 0.3 is 5.69 Å². The van der Waals surface area contributed by atoms with Crippen molar-refractivity contribution in [2.75, 3.05) is 6.26 Å². The van der Waals surface area contributed by atoms with Gasteiger partial charge in [0.1, 0.15) is 6.54 Å². The number of para-hydroxylation sites is 1. The molecule has 4 rings (SSSR count). The third kappa shape index (κ3) is 3.38. The maximum Gasteiger partial charge on any atom is 0.368 e. The molecule has 0 N–H and O–H groups in total. The molecule has 0 bridgehead atoms. The fourth-order valence-corrected chi connectivity index (χ4v) is 3.26. The summed E-state index contributed by atoms with van der Waals surface area (Å²) in [5, 5.41) is 17.7. The van der Waals surface area contributed by atoms with Crippen molar-refractivity contribution in [1.29, 1.82) is 0 Å². The van der Waals surface area contributed by atoms with Gasteiger partial charge in [0.15, 0.2) is 11.0 Å². The first kappa shape index (κ1) is 17.5. The summed E-state index contributed by atoms with van der Waals surface area (Å²) < 4.78 is 4.37. The molecule has 2 heterocycles. The van der Waals surface area contributed by atoms with E-state index in [1.165, 1.54) is 21.1 Å². The molecule has 0 amide bonds. The molecular weight excluding hydrogens is 386 g/mol. The second-order valence-electron chi connectivity index (χ2n) is 5.58. The highest BCUT2D eigenvalue weighted by Crippen LogP contribution is 2.20. The summed E-state index contributed by atoms with van der Waals surface area (Å²) >= 11 is 7.37. The van der Waals surface area contributed by atoms with Crippen LogP contribution in [0.4, 0.5) is 0 Å². The van der Waals surface area contributed by atoms with Gasteiger partial charge in [-0.05, 0) is 53.1 Å². The van der Waals surface area contributed by atoms with E-state index in [0.717, 1.165) is 10.8 Å². The van der Waals surface area contributed by atoms with Crippen molar-refractivity contribution in [1.82, 2.24) is 34.6 Å². The Labute approximate surface area is 163 Å². The van der Waals surface area contributed by atoms with Crippen LogP contribution < -0.4 is 5.69 Å². The summed E-state index contributed by atoms with van der Waals surface area (Å²) in [6.45, 7) is 0.148. The molecule has 2 aromatic heterocycles. The van der Waals surface area contributed by atoms with Gasteiger partial charge in [0.2, 0.25) is 0 Å². The van der Waals surface area contributed by atoms with Crippen LogP contribution in [0, 0.1) is 0 Å². The molecule has 10 heteroatoms. The SMILES string of the molecule is CSc1nnc(Cn2nnn(-c3ccc(Cl)cc3)c2=O)n1-c1ccccc1. The molecule has 27 heavy (non-hydrogen) atoms. The number of hydrogen-bond donors (Lipinski definition) is 0. The fourth-order valence-electron chi connectivity index (χ4n) is 2.62. The Bertz CT molecular complexity index is 1120. The second kappa shape index (κ2) is 7.37. The topological polar surface area (TPSA) is 83.4 Å². The number of benzene rings is 2. The lowest BCUT2D eigenvalue weighted by Gasteiger charge is -2.08. The molecule has 136 valence electrons. The molecule has 0 fully saturated rings. The first-order valence-electron chi connectivity index (χ1n) is 8.00. The Morgan fingerprint density at radius 1 is 0.963 bits per heavy atom. The number of rotatable bonds is 5. The van der Waals surface area contributed by atoms with E-state index in [4.69, 9.17) is 11.6 Å². The minimum absolute atomic E-state index is 0.148. The minimum atomic E-state index is -0.370. The van der Waals surface area contributed by atoms with Gasteiger partial charge in [-0.15, -0.1) is 10.2 Å². The zero-order chi connectivity index (χ0) is 18.8. The van der Waals surface area contributed by atoms with Crippen LogP contribution in [0.1, 0.15) is 5.82 Å². The number of hydrogen-bond acceptors (Lipinski definition) is 6. The van der Waals surface area contributed by atoms with E-state index in [1.807, 2.05) is 41.2 Å². The molecule has 0 aliphatic carbocycles. The molecule has 0 aliphatic heterocycles. The smallest absolute Gasteiger partial charge is 0.272 e. The highest BCUT2D eigenvalue weighted by Gasteiger charge is 2.17. The first-order chi connectivity index (χ1) is 13.2. The second-order valence-corrected chi connectivity index (χ2v) is 6.79. The lowest BCUT2D eigenvalue weighted by Crippen LogP contribution is -2.25. The van der Waals surface area contributed by atoms with Crippen molar-refractivity contribution in [2.45, 2.75) is 11.7 Å². The van der Waals surface area contributed by atoms with Crippen molar-refractivity contribution in [3.05, 3.63) is 75.9 Å². The van der Waals surface area contributed by atoms with E-state index in [9.17, 15) is 4.79 Å². The van der Waals surface area contributed by atoms with Crippen molar-refractivity contribution in [2.24, 2.45) is 0 Å². The van der Waals surface area contributed by atoms with Crippen LogP contribution in [-0.4, -0.2) is 40.8 Å². The molecule has 8 nitrogen and oxygen atoms in total. The molecule has 0 atom stereocenters. The van der Waals surface area contributed by atoms with Gasteiger partial charge in [0.25, 0.3) is 0 Å². The zero-order valence-electron chi connectivity index (χ0n) is 14.2. The van der Waals surface area contributed by atoms with E-state index >= 15 is 0 Å². The number of tetrazole rings is 1. The van der Waals surface area contributed by atoms with Crippen molar-refractivity contribution < 1.29 is 0 Å². The van der Waals surface area contributed by atoms with Crippen LogP contribution in [0.2, 0.25) is 5.02 Å². The third-order valence-corrected chi connectivity index (χ3v) is 4.78. The van der Waals surface area contributed by atoms with Gasteiger partial charge in [-0.25, -0.2) is 4.79 Å². The van der Waals surface area contributed by atoms with Crippen LogP contribution in [-0.2, 0) is 6.54 Å². The summed E-state index contributed by atoms with van der Waals surface area (Å²) in [4.78, 5) is 12.7. The predicted molar refractivity (Wildman–Crippen MR) is 103 cm³/mol. The highest BCUT2D eigenvalue weighted by atomic mass is 35.5. The lowest BCUT2D eigenvalue weighted by molar-refractivity contribution is 0.598. The number of nitrogens with zero attached hydrogens (tertiary/aromatic N) is 7. The van der Waals surface area contributed by atoms with Gasteiger partial charge in [-0.3, -0.25) is 4.57 Å². The molecule has 0 unspecified atom stereocenters. The molecule has 2 aromatic carbocycles. The Hall–Kier alpha value is -2.91. The first-order valence-corrected chi connectivity index (χ1v) is 9.60. The van der Waals surface area contributed by atoms with Crippen LogP contribution >= 0.6 is 23.4 Å². The van der Waals surface area contributed by atoms with Gasteiger partial charge < -0.3 is 0 Å². The van der Waals surface area contributed by atoms with Gasteiger partial charge in [0, 0.05) is 10.7 Å². The summed E-state index contributed by atoms with van der Waals surface area (Å²) in [5.74, 6) is 0.593. The minimum Gasteiger partial charge on any atom is -0.272 e. The molecule has 0 aliphatic rings. The number of halogens is 1. The monoisotopic (exact) mass is 399 g/mol. The summed E-state index contributed by atoms with van der Waals surface area (Å²) in [7, 11) is 0. The molecule has 0 radical (unpaired) electrons. The van der Waals surface area contributed by atoms with E-state index < -0.39 is 0 Å². The fraction of sp³-hybridized carbons (Fsp3) is 0.118. The Kier molecular flexibility index (Phi) is 4.78. The Morgan fingerprint density at radius 2 is 1.70 bits per heavy atom. The molecule has 0 saturated heterocycles. The van der Waals surface area contributed by atoms with Gasteiger partial charge in [-0.1, -0.05) is 41.6 Å². The largest absolute Gasteiger partial charge is 0.368 e. The molecular formula is C17H14ClN7OS. The lowest BCUT2D eigenvalue weighted by atomic mass is 10.3. The predicted octanol–water partition coefficient (Wildman–Crippen LogP) is 2.43. The van der Waals surface area contributed by atoms with Crippen molar-refractivity contribution in [3.63, 3.8) is 0 Å². The Morgan fingerprint density at radius 3 is 2.41 bits per heavy atom. The van der Waals surface area contributed by atoms with Crippen LogP contribution in [0.3, 0.4) is 0 Å². The normalized spacial score (nSPS) is 11.0. The Balaban J connectivity index is 1.71. The van der Waals surface area contributed by atoms with E-state index in [2.05, 4.69) is 20.6 Å². The van der Waals surface area contributed by atoms with Crippen molar-refractivity contribution in [3.8, 4) is 11.4 Å². The maximum atomic E-state index is 12.7. The van der Waals surface area contributed by atoms with Crippen molar-refractivity contribution >= 4 is 23.4 Å². The third-order valence-electron chi connectivity index (χ3n) is 3.90. The van der Waals surface area contributed by atoms with E-state index in [-0.39, 0.29) is 12.2 Å². The maximum absolute atomic E-state index is 12.7. The number of thioether (sulfide) groups is 1. The van der Waals surface area contributed by atoms with Crippen LogP contribution in [0.25, 0.3) is 11.4 Å². The molecule has 4 aromatic rings. The average molecular weight is 400 g/mol. The molecule has 0 saturated carbocycles.